The first-order valence-corrected chi connectivity index (χ1v) is 7.61. The second-order valence-electron chi connectivity index (χ2n) is 5.91. The van der Waals surface area contributed by atoms with Crippen molar-refractivity contribution in [3.8, 4) is 17.2 Å². The molecule has 1 atom stereocenters. The minimum Gasteiger partial charge on any atom is -0.512 e. The van der Waals surface area contributed by atoms with E-state index >= 15 is 0 Å². The Balaban J connectivity index is 2.05. The summed E-state index contributed by atoms with van der Waals surface area (Å²) in [5.41, 5.74) is 2.12. The number of nitrogens with zero attached hydrogens (tertiary/aromatic N) is 1. The molecule has 2 aliphatic rings. The van der Waals surface area contributed by atoms with Gasteiger partial charge in [0.1, 0.15) is 0 Å². The molecule has 0 radical (unpaired) electrons. The topological polar surface area (TPSA) is 68.2 Å². The predicted molar refractivity (Wildman–Crippen MR) is 84.2 cm³/mol. The van der Waals surface area contributed by atoms with Gasteiger partial charge in [0.2, 0.25) is 12.5 Å². The maximum atomic E-state index is 11.2. The first-order valence-electron chi connectivity index (χ1n) is 7.61. The summed E-state index contributed by atoms with van der Waals surface area (Å²) >= 11 is 0. The molecule has 6 nitrogen and oxygen atoms in total. The third kappa shape index (κ3) is 2.86. The summed E-state index contributed by atoms with van der Waals surface area (Å²) in [4.78, 5) is 13.3. The molecule has 0 bridgehead atoms. The summed E-state index contributed by atoms with van der Waals surface area (Å²) in [6, 6.07) is 1.91. The van der Waals surface area contributed by atoms with Gasteiger partial charge in [-0.05, 0) is 32.0 Å². The van der Waals surface area contributed by atoms with Crippen LogP contribution >= 0.6 is 0 Å². The van der Waals surface area contributed by atoms with Crippen molar-refractivity contribution < 1.29 is 24.1 Å². The summed E-state index contributed by atoms with van der Waals surface area (Å²) in [6.07, 6.45) is 2.48. The number of aliphatic hydroxyl groups excluding tert-OH is 1. The zero-order valence-corrected chi connectivity index (χ0v) is 13.6. The van der Waals surface area contributed by atoms with Gasteiger partial charge in [0, 0.05) is 30.6 Å². The van der Waals surface area contributed by atoms with Crippen LogP contribution in [-0.4, -0.2) is 43.3 Å². The number of fused-ring (bicyclic) bond motifs is 2. The van der Waals surface area contributed by atoms with E-state index in [9.17, 15) is 9.90 Å². The van der Waals surface area contributed by atoms with E-state index in [-0.39, 0.29) is 24.4 Å². The average molecular weight is 319 g/mol. The highest BCUT2D eigenvalue weighted by molar-refractivity contribution is 5.87. The number of rotatable bonds is 4. The molecule has 1 aromatic carbocycles. The number of ketones is 1. The lowest BCUT2D eigenvalue weighted by Crippen LogP contribution is -2.33. The SMILES string of the molecule is COc1c2c(cc3c1C(C/C(O)=C/C(C)=O)N(C)CC3)OCO2. The van der Waals surface area contributed by atoms with E-state index in [0.29, 0.717) is 23.7 Å². The van der Waals surface area contributed by atoms with E-state index in [2.05, 4.69) is 4.90 Å². The number of benzene rings is 1. The van der Waals surface area contributed by atoms with Gasteiger partial charge in [-0.25, -0.2) is 0 Å². The maximum absolute atomic E-state index is 11.2. The Hall–Kier alpha value is -2.21. The summed E-state index contributed by atoms with van der Waals surface area (Å²) in [5.74, 6) is 1.87. The highest BCUT2D eigenvalue weighted by Gasteiger charge is 2.34. The van der Waals surface area contributed by atoms with E-state index in [1.54, 1.807) is 7.11 Å². The molecule has 23 heavy (non-hydrogen) atoms. The van der Waals surface area contributed by atoms with E-state index in [4.69, 9.17) is 14.2 Å². The zero-order chi connectivity index (χ0) is 16.6. The van der Waals surface area contributed by atoms with Crippen LogP contribution in [0.2, 0.25) is 0 Å². The van der Waals surface area contributed by atoms with Gasteiger partial charge in [-0.15, -0.1) is 0 Å². The van der Waals surface area contributed by atoms with Crippen LogP contribution in [0.4, 0.5) is 0 Å². The van der Waals surface area contributed by atoms with Crippen LogP contribution < -0.4 is 14.2 Å². The van der Waals surface area contributed by atoms with Crippen LogP contribution in [0, 0.1) is 0 Å². The monoisotopic (exact) mass is 319 g/mol. The molecule has 6 heteroatoms. The highest BCUT2D eigenvalue weighted by Crippen LogP contribution is 2.50. The molecule has 0 aliphatic carbocycles. The van der Waals surface area contributed by atoms with E-state index in [0.717, 1.165) is 24.1 Å². The Morgan fingerprint density at radius 2 is 2.30 bits per heavy atom. The van der Waals surface area contributed by atoms with Crippen molar-refractivity contribution >= 4 is 5.78 Å². The van der Waals surface area contributed by atoms with Crippen LogP contribution in [-0.2, 0) is 11.2 Å². The van der Waals surface area contributed by atoms with Crippen LogP contribution in [0.25, 0.3) is 0 Å². The third-order valence-corrected chi connectivity index (χ3v) is 4.32. The molecule has 0 saturated heterocycles. The number of carbonyl (C=O) groups is 1. The number of aliphatic hydroxyl groups is 1. The molecule has 3 rings (SSSR count). The molecule has 0 fully saturated rings. The largest absolute Gasteiger partial charge is 0.512 e. The second-order valence-corrected chi connectivity index (χ2v) is 5.91. The Morgan fingerprint density at radius 3 is 3.00 bits per heavy atom. The van der Waals surface area contributed by atoms with Crippen LogP contribution in [0.15, 0.2) is 17.9 Å². The average Bonchev–Trinajstić information content (AvgIpc) is 2.95. The molecule has 0 spiro atoms. The Bertz CT molecular complexity index is 667. The Morgan fingerprint density at radius 1 is 1.52 bits per heavy atom. The molecular formula is C17H21NO5. The summed E-state index contributed by atoms with van der Waals surface area (Å²) in [7, 11) is 3.60. The summed E-state index contributed by atoms with van der Waals surface area (Å²) in [6.45, 7) is 2.46. The molecule has 1 aromatic rings. The normalized spacial score (nSPS) is 20.3. The van der Waals surface area contributed by atoms with Crippen molar-refractivity contribution in [1.29, 1.82) is 0 Å². The molecular weight excluding hydrogens is 298 g/mol. The lowest BCUT2D eigenvalue weighted by Gasteiger charge is -2.35. The van der Waals surface area contributed by atoms with Crippen molar-refractivity contribution in [2.45, 2.75) is 25.8 Å². The first-order chi connectivity index (χ1) is 11.0. The number of allylic oxidation sites excluding steroid dienone is 1. The van der Waals surface area contributed by atoms with E-state index in [1.807, 2.05) is 13.1 Å². The van der Waals surface area contributed by atoms with Crippen molar-refractivity contribution in [1.82, 2.24) is 4.90 Å². The molecule has 0 saturated carbocycles. The van der Waals surface area contributed by atoms with Crippen LogP contribution in [0.1, 0.15) is 30.5 Å². The fourth-order valence-electron chi connectivity index (χ4n) is 3.27. The number of carbonyl (C=O) groups excluding carboxylic acids is 1. The molecule has 2 aliphatic heterocycles. The van der Waals surface area contributed by atoms with Gasteiger partial charge < -0.3 is 19.3 Å². The number of hydrogen-bond donors (Lipinski definition) is 1. The second kappa shape index (κ2) is 6.12. The Kier molecular flexibility index (Phi) is 4.17. The first kappa shape index (κ1) is 15.7. The number of hydrogen-bond acceptors (Lipinski definition) is 6. The number of methoxy groups -OCH3 is 1. The standard InChI is InChI=1S/C17H21NO5/c1-10(19)6-12(20)8-13-15-11(4-5-18(13)2)7-14-16(17(15)21-3)23-9-22-14/h6-7,13,20H,4-5,8-9H2,1-3H3/b12-6-. The Labute approximate surface area is 135 Å². The van der Waals surface area contributed by atoms with Crippen molar-refractivity contribution in [2.75, 3.05) is 27.5 Å². The van der Waals surface area contributed by atoms with E-state index < -0.39 is 0 Å². The summed E-state index contributed by atoms with van der Waals surface area (Å²) < 4.78 is 16.6. The molecule has 0 aromatic heterocycles. The van der Waals surface area contributed by atoms with Crippen LogP contribution in [0.5, 0.6) is 17.2 Å². The maximum Gasteiger partial charge on any atom is 0.231 e. The minimum absolute atomic E-state index is 0.0712. The molecule has 1 N–H and O–H groups in total. The fraction of sp³-hybridized carbons (Fsp3) is 0.471. The van der Waals surface area contributed by atoms with Crippen molar-refractivity contribution in [3.05, 3.63) is 29.0 Å². The van der Waals surface area contributed by atoms with Crippen molar-refractivity contribution in [2.24, 2.45) is 0 Å². The molecule has 124 valence electrons. The van der Waals surface area contributed by atoms with Crippen LogP contribution in [0.3, 0.4) is 0 Å². The van der Waals surface area contributed by atoms with Crippen molar-refractivity contribution in [3.63, 3.8) is 0 Å². The minimum atomic E-state index is -0.168. The van der Waals surface area contributed by atoms with Gasteiger partial charge in [-0.3, -0.25) is 9.69 Å². The highest BCUT2D eigenvalue weighted by atomic mass is 16.7. The van der Waals surface area contributed by atoms with Gasteiger partial charge in [0.15, 0.2) is 17.3 Å². The molecule has 2 heterocycles. The predicted octanol–water partition coefficient (Wildman–Crippen LogP) is 2.37. The fourth-order valence-corrected chi connectivity index (χ4v) is 3.27. The lowest BCUT2D eigenvalue weighted by molar-refractivity contribution is -0.112. The van der Waals surface area contributed by atoms with Gasteiger partial charge >= 0.3 is 0 Å². The smallest absolute Gasteiger partial charge is 0.231 e. The number of likely N-dealkylation sites (N-methyl/N-ethyl adjacent to an activating group) is 1. The van der Waals surface area contributed by atoms with Gasteiger partial charge in [-0.1, -0.05) is 0 Å². The quantitative estimate of drug-likeness (QED) is 0.679. The molecule has 1 unspecified atom stereocenters. The molecule has 0 amide bonds. The third-order valence-electron chi connectivity index (χ3n) is 4.32. The number of ether oxygens (including phenoxy) is 3. The van der Waals surface area contributed by atoms with Gasteiger partial charge in [0.25, 0.3) is 0 Å². The van der Waals surface area contributed by atoms with Gasteiger partial charge in [-0.2, -0.15) is 0 Å². The van der Waals surface area contributed by atoms with E-state index in [1.165, 1.54) is 13.0 Å². The lowest BCUT2D eigenvalue weighted by atomic mass is 9.89. The van der Waals surface area contributed by atoms with Gasteiger partial charge in [0.05, 0.1) is 12.9 Å². The zero-order valence-electron chi connectivity index (χ0n) is 13.6. The summed E-state index contributed by atoms with van der Waals surface area (Å²) in [5, 5.41) is 10.1.